The second-order valence-electron chi connectivity index (χ2n) is 8.38. The van der Waals surface area contributed by atoms with Crippen LogP contribution < -0.4 is 10.6 Å². The van der Waals surface area contributed by atoms with Crippen LogP contribution in [0, 0.1) is 17.2 Å². The minimum absolute atomic E-state index is 0.0391. The number of nitrogens with zero attached hydrogens (tertiary/aromatic N) is 4. The molecule has 12 heteroatoms. The van der Waals surface area contributed by atoms with Gasteiger partial charge in [0.15, 0.2) is 0 Å². The van der Waals surface area contributed by atoms with Crippen LogP contribution in [0.25, 0.3) is 5.69 Å². The van der Waals surface area contributed by atoms with E-state index in [1.165, 1.54) is 34.1 Å². The molecule has 1 aliphatic heterocycles. The molecule has 1 fully saturated rings. The fourth-order valence-electron chi connectivity index (χ4n) is 3.93. The second kappa shape index (κ2) is 10.5. The average Bonchev–Trinajstić information content (AvgIpc) is 3.55. The number of nitriles is 1. The minimum atomic E-state index is -4.47. The Morgan fingerprint density at radius 2 is 1.78 bits per heavy atom. The Balaban J connectivity index is 1.33. The summed E-state index contributed by atoms with van der Waals surface area (Å²) in [6.07, 6.45) is -1.75. The van der Waals surface area contributed by atoms with Crippen LogP contribution in [0.1, 0.15) is 22.3 Å². The number of rotatable bonds is 6. The maximum Gasteiger partial charge on any atom is 0.416 e. The predicted molar refractivity (Wildman–Crippen MR) is 125 cm³/mol. The van der Waals surface area contributed by atoms with Gasteiger partial charge in [-0.05, 0) is 42.8 Å². The topological polar surface area (TPSA) is 120 Å². The molecule has 2 aromatic carbocycles. The number of likely N-dealkylation sites (tertiary alicyclic amines) is 1. The van der Waals surface area contributed by atoms with Gasteiger partial charge in [-0.3, -0.25) is 14.4 Å². The lowest BCUT2D eigenvalue weighted by Crippen LogP contribution is -2.42. The van der Waals surface area contributed by atoms with E-state index in [1.54, 1.807) is 24.3 Å². The summed E-state index contributed by atoms with van der Waals surface area (Å²) in [7, 11) is 0. The van der Waals surface area contributed by atoms with Crippen LogP contribution in [0.3, 0.4) is 0 Å². The number of aromatic nitrogens is 2. The summed E-state index contributed by atoms with van der Waals surface area (Å²) in [4.78, 5) is 39.1. The summed E-state index contributed by atoms with van der Waals surface area (Å²) < 4.78 is 39.5. The van der Waals surface area contributed by atoms with E-state index < -0.39 is 42.1 Å². The SMILES string of the molecule is N#CC1CC(C(=O)Nc2ccccc2)CN1C(=O)CNC(=O)c1cnn(-c2ccc(C(F)(F)F)cc2)c1. The van der Waals surface area contributed by atoms with E-state index in [0.29, 0.717) is 11.4 Å². The van der Waals surface area contributed by atoms with E-state index in [2.05, 4.69) is 15.7 Å². The molecular formula is C25H21F3N6O3. The van der Waals surface area contributed by atoms with Crippen LogP contribution in [0.5, 0.6) is 0 Å². The molecule has 3 aromatic rings. The van der Waals surface area contributed by atoms with Crippen LogP contribution in [0.15, 0.2) is 67.0 Å². The van der Waals surface area contributed by atoms with E-state index in [1.807, 2.05) is 12.1 Å². The van der Waals surface area contributed by atoms with Gasteiger partial charge in [-0.25, -0.2) is 4.68 Å². The minimum Gasteiger partial charge on any atom is -0.343 e. The summed E-state index contributed by atoms with van der Waals surface area (Å²) in [5.74, 6) is -2.03. The molecule has 190 valence electrons. The van der Waals surface area contributed by atoms with E-state index in [-0.39, 0.29) is 24.4 Å². The lowest BCUT2D eigenvalue weighted by molar-refractivity contribution is -0.137. The normalized spacial score (nSPS) is 17.2. The van der Waals surface area contributed by atoms with Crippen LogP contribution in [-0.4, -0.2) is 51.5 Å². The van der Waals surface area contributed by atoms with Crippen molar-refractivity contribution in [3.05, 3.63) is 78.1 Å². The third-order valence-corrected chi connectivity index (χ3v) is 5.89. The van der Waals surface area contributed by atoms with Crippen molar-refractivity contribution < 1.29 is 27.6 Å². The molecule has 2 heterocycles. The van der Waals surface area contributed by atoms with Gasteiger partial charge in [-0.1, -0.05) is 18.2 Å². The average molecular weight is 510 g/mol. The zero-order valence-corrected chi connectivity index (χ0v) is 19.3. The smallest absolute Gasteiger partial charge is 0.343 e. The van der Waals surface area contributed by atoms with Gasteiger partial charge >= 0.3 is 6.18 Å². The summed E-state index contributed by atoms with van der Waals surface area (Å²) in [5.41, 5.74) is 0.204. The molecule has 0 bridgehead atoms. The van der Waals surface area contributed by atoms with Crippen LogP contribution in [0.4, 0.5) is 18.9 Å². The number of benzene rings is 2. The number of hydrogen-bond donors (Lipinski definition) is 2. The van der Waals surface area contributed by atoms with Crippen LogP contribution in [0.2, 0.25) is 0 Å². The van der Waals surface area contributed by atoms with E-state index in [0.717, 1.165) is 12.1 Å². The first-order valence-corrected chi connectivity index (χ1v) is 11.2. The summed E-state index contributed by atoms with van der Waals surface area (Å²) >= 11 is 0. The Hall–Kier alpha value is -4.66. The van der Waals surface area contributed by atoms with E-state index >= 15 is 0 Å². The summed E-state index contributed by atoms with van der Waals surface area (Å²) in [6, 6.07) is 14.3. The van der Waals surface area contributed by atoms with Crippen LogP contribution >= 0.6 is 0 Å². The zero-order valence-electron chi connectivity index (χ0n) is 19.3. The summed E-state index contributed by atoms with van der Waals surface area (Å²) in [5, 5.41) is 18.7. The molecule has 0 radical (unpaired) electrons. The van der Waals surface area contributed by atoms with Gasteiger partial charge in [0.1, 0.15) is 6.04 Å². The molecule has 2 atom stereocenters. The van der Waals surface area contributed by atoms with Crippen molar-refractivity contribution in [2.75, 3.05) is 18.4 Å². The van der Waals surface area contributed by atoms with Gasteiger partial charge in [0.2, 0.25) is 11.8 Å². The summed E-state index contributed by atoms with van der Waals surface area (Å²) in [6.45, 7) is -0.368. The molecule has 37 heavy (non-hydrogen) atoms. The van der Waals surface area contributed by atoms with Crippen molar-refractivity contribution >= 4 is 23.4 Å². The molecule has 0 aliphatic carbocycles. The molecule has 2 N–H and O–H groups in total. The van der Waals surface area contributed by atoms with Gasteiger partial charge in [-0.2, -0.15) is 23.5 Å². The van der Waals surface area contributed by atoms with E-state index in [9.17, 15) is 32.8 Å². The Bertz CT molecular complexity index is 1330. The Morgan fingerprint density at radius 1 is 1.08 bits per heavy atom. The number of anilines is 1. The van der Waals surface area contributed by atoms with Gasteiger partial charge in [0.25, 0.3) is 5.91 Å². The molecule has 0 spiro atoms. The standard InChI is InChI=1S/C25H21F3N6O3/c26-25(27,28)18-6-8-20(9-7-18)34-15-17(12-31-34)23(36)30-13-22(35)33-14-16(10-21(33)11-29)24(37)32-19-4-2-1-3-5-19/h1-9,12,15-16,21H,10,13-14H2,(H,30,36)(H,32,37). The molecule has 3 amide bonds. The Morgan fingerprint density at radius 3 is 2.43 bits per heavy atom. The first-order chi connectivity index (χ1) is 17.7. The molecule has 1 aromatic heterocycles. The van der Waals surface area contributed by atoms with Gasteiger partial charge in [0.05, 0.1) is 41.5 Å². The maximum atomic E-state index is 12.7. The number of carbonyl (C=O) groups excluding carboxylic acids is 3. The highest BCUT2D eigenvalue weighted by Gasteiger charge is 2.38. The lowest BCUT2D eigenvalue weighted by atomic mass is 10.1. The Kier molecular flexibility index (Phi) is 7.24. The zero-order chi connectivity index (χ0) is 26.6. The second-order valence-corrected chi connectivity index (χ2v) is 8.38. The molecular weight excluding hydrogens is 489 g/mol. The number of hydrogen-bond acceptors (Lipinski definition) is 5. The van der Waals surface area contributed by atoms with E-state index in [4.69, 9.17) is 0 Å². The highest BCUT2D eigenvalue weighted by Crippen LogP contribution is 2.29. The quantitative estimate of drug-likeness (QED) is 0.528. The van der Waals surface area contributed by atoms with Crippen LogP contribution in [-0.2, 0) is 15.8 Å². The first-order valence-electron chi connectivity index (χ1n) is 11.2. The third kappa shape index (κ3) is 5.95. The van der Waals surface area contributed by atoms with Crippen molar-refractivity contribution in [1.82, 2.24) is 20.0 Å². The van der Waals surface area contributed by atoms with Gasteiger partial charge < -0.3 is 15.5 Å². The molecule has 2 unspecified atom stereocenters. The Labute approximate surface area is 209 Å². The number of nitrogens with one attached hydrogen (secondary N) is 2. The van der Waals surface area contributed by atoms with Gasteiger partial charge in [-0.15, -0.1) is 0 Å². The molecule has 1 saturated heterocycles. The fourth-order valence-corrected chi connectivity index (χ4v) is 3.93. The lowest BCUT2D eigenvalue weighted by Gasteiger charge is -2.19. The number of para-hydroxylation sites is 1. The molecule has 9 nitrogen and oxygen atoms in total. The maximum absolute atomic E-state index is 12.7. The largest absolute Gasteiger partial charge is 0.416 e. The number of carbonyl (C=O) groups is 3. The van der Waals surface area contributed by atoms with Crippen molar-refractivity contribution in [2.45, 2.75) is 18.6 Å². The fraction of sp³-hybridized carbons (Fsp3) is 0.240. The van der Waals surface area contributed by atoms with Crippen molar-refractivity contribution in [1.29, 1.82) is 5.26 Å². The van der Waals surface area contributed by atoms with Crippen molar-refractivity contribution in [3.63, 3.8) is 0 Å². The third-order valence-electron chi connectivity index (χ3n) is 5.89. The highest BCUT2D eigenvalue weighted by molar-refractivity contribution is 5.97. The molecule has 0 saturated carbocycles. The highest BCUT2D eigenvalue weighted by atomic mass is 19.4. The number of alkyl halides is 3. The number of halogens is 3. The molecule has 4 rings (SSSR count). The van der Waals surface area contributed by atoms with Gasteiger partial charge in [0, 0.05) is 18.4 Å². The first kappa shape index (κ1) is 25.4. The monoisotopic (exact) mass is 510 g/mol. The molecule has 1 aliphatic rings. The van der Waals surface area contributed by atoms with Crippen molar-refractivity contribution in [2.24, 2.45) is 5.92 Å². The number of amides is 3. The predicted octanol–water partition coefficient (Wildman–Crippen LogP) is 3.00. The van der Waals surface area contributed by atoms with Crippen molar-refractivity contribution in [3.8, 4) is 11.8 Å².